The predicted octanol–water partition coefficient (Wildman–Crippen LogP) is 2.17. The fourth-order valence-electron chi connectivity index (χ4n) is 1.77. The van der Waals surface area contributed by atoms with Crippen LogP contribution in [0, 0.1) is 0 Å². The summed E-state index contributed by atoms with van der Waals surface area (Å²) in [5, 5.41) is 0. The number of pyridine rings is 2. The van der Waals surface area contributed by atoms with Crippen molar-refractivity contribution in [3.05, 3.63) is 60.2 Å². The SMILES string of the molecule is O=[P+](O)CN(Cc1ccccn1)Cc1ccccn1. The Morgan fingerprint density at radius 1 is 1.00 bits per heavy atom. The molecule has 0 spiro atoms. The zero-order chi connectivity index (χ0) is 13.5. The zero-order valence-corrected chi connectivity index (χ0v) is 11.3. The average molecular weight is 276 g/mol. The smallest absolute Gasteiger partial charge is 0.260 e. The molecule has 0 aliphatic rings. The first-order valence-electron chi connectivity index (χ1n) is 5.90. The lowest BCUT2D eigenvalue weighted by molar-refractivity contribution is 0.284. The normalized spacial score (nSPS) is 11.6. The van der Waals surface area contributed by atoms with Gasteiger partial charge in [-0.15, -0.1) is 0 Å². The molecule has 2 aromatic heterocycles. The summed E-state index contributed by atoms with van der Waals surface area (Å²) < 4.78 is 11.1. The van der Waals surface area contributed by atoms with Gasteiger partial charge in [0.25, 0.3) is 0 Å². The highest BCUT2D eigenvalue weighted by atomic mass is 31.1. The van der Waals surface area contributed by atoms with E-state index in [9.17, 15) is 4.57 Å². The van der Waals surface area contributed by atoms with Crippen LogP contribution < -0.4 is 0 Å². The van der Waals surface area contributed by atoms with Gasteiger partial charge in [0.05, 0.1) is 11.4 Å². The summed E-state index contributed by atoms with van der Waals surface area (Å²) in [7, 11) is -2.21. The monoisotopic (exact) mass is 276 g/mol. The van der Waals surface area contributed by atoms with Crippen LogP contribution >= 0.6 is 8.03 Å². The number of aromatic nitrogens is 2. The lowest BCUT2D eigenvalue weighted by atomic mass is 10.3. The molecule has 6 heteroatoms. The second kappa shape index (κ2) is 7.04. The van der Waals surface area contributed by atoms with E-state index in [2.05, 4.69) is 9.97 Å². The van der Waals surface area contributed by atoms with Crippen LogP contribution in [0.25, 0.3) is 0 Å². The highest BCUT2D eigenvalue weighted by Gasteiger charge is 2.19. The molecule has 1 N–H and O–H groups in total. The fraction of sp³-hybridized carbons (Fsp3) is 0.231. The average Bonchev–Trinajstić information content (AvgIpc) is 2.40. The van der Waals surface area contributed by atoms with Crippen molar-refractivity contribution >= 4 is 8.03 Å². The van der Waals surface area contributed by atoms with Gasteiger partial charge in [0, 0.05) is 25.5 Å². The molecule has 0 aromatic carbocycles. The van der Waals surface area contributed by atoms with Crippen LogP contribution in [0.1, 0.15) is 11.4 Å². The van der Waals surface area contributed by atoms with E-state index in [1.807, 2.05) is 41.3 Å². The topological polar surface area (TPSA) is 66.3 Å². The third-order valence-corrected chi connectivity index (χ3v) is 3.19. The van der Waals surface area contributed by atoms with Crippen molar-refractivity contribution < 1.29 is 9.46 Å². The van der Waals surface area contributed by atoms with Crippen molar-refractivity contribution in [3.8, 4) is 0 Å². The molecule has 19 heavy (non-hydrogen) atoms. The van der Waals surface area contributed by atoms with Crippen molar-refractivity contribution in [2.24, 2.45) is 0 Å². The molecular weight excluding hydrogens is 261 g/mol. The van der Waals surface area contributed by atoms with Crippen molar-refractivity contribution in [3.63, 3.8) is 0 Å². The Hall–Kier alpha value is -1.68. The van der Waals surface area contributed by atoms with Crippen LogP contribution in [-0.2, 0) is 17.7 Å². The molecule has 0 saturated carbocycles. The maximum absolute atomic E-state index is 11.1. The third-order valence-electron chi connectivity index (χ3n) is 2.54. The second-order valence-corrected chi connectivity index (χ2v) is 5.11. The van der Waals surface area contributed by atoms with Gasteiger partial charge in [0.1, 0.15) is 0 Å². The van der Waals surface area contributed by atoms with Crippen LogP contribution in [-0.4, -0.2) is 26.0 Å². The Labute approximate surface area is 112 Å². The molecule has 0 bridgehead atoms. The summed E-state index contributed by atoms with van der Waals surface area (Å²) in [6.07, 6.45) is 3.54. The minimum atomic E-state index is -2.21. The molecule has 0 aliphatic carbocycles. The number of hydrogen-bond acceptors (Lipinski definition) is 4. The number of rotatable bonds is 6. The third kappa shape index (κ3) is 4.83. The maximum atomic E-state index is 11.1. The van der Waals surface area contributed by atoms with Gasteiger partial charge in [0.15, 0.2) is 0 Å². The lowest BCUT2D eigenvalue weighted by Gasteiger charge is -2.15. The summed E-state index contributed by atoms with van der Waals surface area (Å²) in [5.41, 5.74) is 1.74. The Morgan fingerprint density at radius 3 is 1.89 bits per heavy atom. The fourth-order valence-corrected chi connectivity index (χ4v) is 2.31. The first-order valence-corrected chi connectivity index (χ1v) is 7.29. The minimum Gasteiger partial charge on any atom is -0.260 e. The van der Waals surface area contributed by atoms with Crippen LogP contribution in [0.4, 0.5) is 0 Å². The summed E-state index contributed by atoms with van der Waals surface area (Å²) in [6, 6.07) is 11.3. The first kappa shape index (κ1) is 13.7. The minimum absolute atomic E-state index is 0.114. The van der Waals surface area contributed by atoms with Gasteiger partial charge in [-0.25, -0.2) is 4.90 Å². The lowest BCUT2D eigenvalue weighted by Crippen LogP contribution is -2.23. The van der Waals surface area contributed by atoms with E-state index in [0.29, 0.717) is 13.1 Å². The molecular formula is C13H15N3O2P+. The van der Waals surface area contributed by atoms with Crippen molar-refractivity contribution in [2.75, 3.05) is 6.29 Å². The molecule has 1 atom stereocenters. The molecule has 2 rings (SSSR count). The molecule has 2 aromatic rings. The summed E-state index contributed by atoms with van der Waals surface area (Å²) >= 11 is 0. The predicted molar refractivity (Wildman–Crippen MR) is 72.4 cm³/mol. The van der Waals surface area contributed by atoms with Crippen LogP contribution in [0.5, 0.6) is 0 Å². The molecule has 1 unspecified atom stereocenters. The van der Waals surface area contributed by atoms with E-state index in [1.165, 1.54) is 0 Å². The zero-order valence-electron chi connectivity index (χ0n) is 10.4. The molecule has 0 saturated heterocycles. The Balaban J connectivity index is 2.06. The van der Waals surface area contributed by atoms with E-state index < -0.39 is 8.03 Å². The molecule has 5 nitrogen and oxygen atoms in total. The van der Waals surface area contributed by atoms with Gasteiger partial charge in [-0.2, -0.15) is 4.89 Å². The van der Waals surface area contributed by atoms with Gasteiger partial charge in [-0.1, -0.05) is 12.1 Å². The van der Waals surface area contributed by atoms with Gasteiger partial charge in [-0.05, 0) is 28.8 Å². The van der Waals surface area contributed by atoms with Crippen LogP contribution in [0.15, 0.2) is 48.8 Å². The Bertz CT molecular complexity index is 480. The van der Waals surface area contributed by atoms with Gasteiger partial charge in [-0.3, -0.25) is 9.97 Å². The molecule has 98 valence electrons. The van der Waals surface area contributed by atoms with E-state index >= 15 is 0 Å². The van der Waals surface area contributed by atoms with Gasteiger partial charge >= 0.3 is 8.03 Å². The number of hydrogen-bond donors (Lipinski definition) is 1. The summed E-state index contributed by atoms with van der Waals surface area (Å²) in [4.78, 5) is 19.4. The quantitative estimate of drug-likeness (QED) is 0.819. The molecule has 0 aliphatic heterocycles. The second-order valence-electron chi connectivity index (χ2n) is 4.12. The standard InChI is InChI=1S/C13H14N3O2P/c17-19(18)11-16(9-12-5-1-3-7-14-12)10-13-6-2-4-8-15-13/h1-8H,9-11H2/p+1. The van der Waals surface area contributed by atoms with Crippen LogP contribution in [0.3, 0.4) is 0 Å². The van der Waals surface area contributed by atoms with E-state index in [-0.39, 0.29) is 6.29 Å². The van der Waals surface area contributed by atoms with Crippen molar-refractivity contribution in [2.45, 2.75) is 13.1 Å². The Morgan fingerprint density at radius 2 is 1.53 bits per heavy atom. The van der Waals surface area contributed by atoms with E-state index in [0.717, 1.165) is 11.4 Å². The first-order chi connectivity index (χ1) is 9.24. The number of nitrogens with zero attached hydrogens (tertiary/aromatic N) is 3. The highest BCUT2D eigenvalue weighted by Crippen LogP contribution is 2.18. The molecule has 0 radical (unpaired) electrons. The van der Waals surface area contributed by atoms with E-state index in [4.69, 9.17) is 4.89 Å². The highest BCUT2D eigenvalue weighted by molar-refractivity contribution is 7.37. The largest absolute Gasteiger partial charge is 0.521 e. The summed E-state index contributed by atoms with van der Waals surface area (Å²) in [6.45, 7) is 1.05. The molecule has 2 heterocycles. The maximum Gasteiger partial charge on any atom is 0.521 e. The Kier molecular flexibility index (Phi) is 5.10. The van der Waals surface area contributed by atoms with E-state index in [1.54, 1.807) is 12.4 Å². The molecule has 0 amide bonds. The summed E-state index contributed by atoms with van der Waals surface area (Å²) in [5.74, 6) is 0. The molecule has 0 fully saturated rings. The van der Waals surface area contributed by atoms with Gasteiger partial charge < -0.3 is 0 Å². The van der Waals surface area contributed by atoms with Crippen LogP contribution in [0.2, 0.25) is 0 Å². The van der Waals surface area contributed by atoms with Crippen molar-refractivity contribution in [1.29, 1.82) is 0 Å². The van der Waals surface area contributed by atoms with Gasteiger partial charge in [0.2, 0.25) is 6.29 Å². The van der Waals surface area contributed by atoms with Crippen molar-refractivity contribution in [1.82, 2.24) is 14.9 Å².